The summed E-state index contributed by atoms with van der Waals surface area (Å²) in [5, 5.41) is 4.14. The Balaban J connectivity index is 1.19. The fourth-order valence-corrected chi connectivity index (χ4v) is 4.92. The molecule has 0 bridgehead atoms. The van der Waals surface area contributed by atoms with Gasteiger partial charge in [-0.1, -0.05) is 23.4 Å². The highest BCUT2D eigenvalue weighted by Gasteiger charge is 2.31. The highest BCUT2D eigenvalue weighted by Crippen LogP contribution is 2.32. The first kappa shape index (κ1) is 22.4. The van der Waals surface area contributed by atoms with Crippen molar-refractivity contribution in [1.29, 1.82) is 0 Å². The van der Waals surface area contributed by atoms with Gasteiger partial charge in [-0.15, -0.1) is 0 Å². The van der Waals surface area contributed by atoms with Crippen molar-refractivity contribution in [2.45, 2.75) is 32.2 Å². The molecule has 8 nitrogen and oxygen atoms in total. The van der Waals surface area contributed by atoms with E-state index in [9.17, 15) is 4.79 Å². The first-order chi connectivity index (χ1) is 16.7. The van der Waals surface area contributed by atoms with Crippen LogP contribution in [0.15, 0.2) is 47.0 Å². The summed E-state index contributed by atoms with van der Waals surface area (Å²) < 4.78 is 16.2. The zero-order valence-corrected chi connectivity index (χ0v) is 19.7. The minimum absolute atomic E-state index is 0.0624. The summed E-state index contributed by atoms with van der Waals surface area (Å²) in [5.74, 6) is 2.69. The summed E-state index contributed by atoms with van der Waals surface area (Å²) in [6.07, 6.45) is 3.76. The molecular formula is C26H30N4O4. The number of para-hydroxylation sites is 1. The summed E-state index contributed by atoms with van der Waals surface area (Å²) in [7, 11) is 3.20. The Labute approximate surface area is 199 Å². The first-order valence-electron chi connectivity index (χ1n) is 11.8. The number of anilines is 1. The Hall–Kier alpha value is -3.39. The molecule has 0 saturated carbocycles. The minimum atomic E-state index is 0.0624. The molecule has 0 aliphatic carbocycles. The van der Waals surface area contributed by atoms with Crippen LogP contribution in [0.1, 0.15) is 30.7 Å². The molecule has 8 heteroatoms. The Bertz CT molecular complexity index is 1150. The maximum Gasteiger partial charge on any atom is 0.241 e. The Morgan fingerprint density at radius 1 is 1.06 bits per heavy atom. The molecule has 1 amide bonds. The van der Waals surface area contributed by atoms with Gasteiger partial charge in [0.2, 0.25) is 17.6 Å². The van der Waals surface area contributed by atoms with Gasteiger partial charge in [0.15, 0.2) is 11.5 Å². The van der Waals surface area contributed by atoms with E-state index in [1.807, 2.05) is 29.2 Å². The van der Waals surface area contributed by atoms with Crippen LogP contribution in [0.5, 0.6) is 11.5 Å². The normalized spacial score (nSPS) is 16.8. The van der Waals surface area contributed by atoms with Gasteiger partial charge in [-0.2, -0.15) is 4.98 Å². The second kappa shape index (κ2) is 9.85. The number of aryl methyl sites for hydroxylation is 1. The van der Waals surface area contributed by atoms with Gasteiger partial charge in [-0.05, 0) is 68.6 Å². The average molecular weight is 463 g/mol. The molecular weight excluding hydrogens is 432 g/mol. The van der Waals surface area contributed by atoms with Crippen molar-refractivity contribution in [3.63, 3.8) is 0 Å². The highest BCUT2D eigenvalue weighted by molar-refractivity contribution is 5.96. The number of fused-ring (bicyclic) bond motifs is 1. The number of amides is 1. The second-order valence-corrected chi connectivity index (χ2v) is 8.85. The lowest BCUT2D eigenvalue weighted by Gasteiger charge is -2.36. The SMILES string of the molecule is COc1ccc(-c2noc(CN3CCC(C(=O)N4CCCc5ccccc54)CC3)n2)cc1OC. The van der Waals surface area contributed by atoms with Gasteiger partial charge in [0.05, 0.1) is 20.8 Å². The summed E-state index contributed by atoms with van der Waals surface area (Å²) >= 11 is 0. The van der Waals surface area contributed by atoms with Crippen LogP contribution in [-0.2, 0) is 17.8 Å². The number of piperidine rings is 1. The average Bonchev–Trinajstić information content (AvgIpc) is 3.36. The number of hydrogen-bond acceptors (Lipinski definition) is 7. The first-order valence-corrected chi connectivity index (χ1v) is 11.8. The summed E-state index contributed by atoms with van der Waals surface area (Å²) in [6, 6.07) is 13.8. The van der Waals surface area contributed by atoms with Crippen molar-refractivity contribution < 1.29 is 18.8 Å². The third-order valence-corrected chi connectivity index (χ3v) is 6.78. The van der Waals surface area contributed by atoms with E-state index in [4.69, 9.17) is 14.0 Å². The molecule has 2 aliphatic rings. The number of rotatable bonds is 6. The number of benzene rings is 2. The van der Waals surface area contributed by atoms with Gasteiger partial charge >= 0.3 is 0 Å². The van der Waals surface area contributed by atoms with E-state index in [-0.39, 0.29) is 11.8 Å². The highest BCUT2D eigenvalue weighted by atomic mass is 16.5. The predicted molar refractivity (Wildman–Crippen MR) is 128 cm³/mol. The van der Waals surface area contributed by atoms with Crippen LogP contribution in [0.25, 0.3) is 11.4 Å². The number of methoxy groups -OCH3 is 2. The molecule has 0 spiro atoms. The number of hydrogen-bond donors (Lipinski definition) is 0. The van der Waals surface area contributed by atoms with E-state index < -0.39 is 0 Å². The van der Waals surface area contributed by atoms with Crippen molar-refractivity contribution in [3.05, 3.63) is 53.9 Å². The van der Waals surface area contributed by atoms with Crippen LogP contribution in [0, 0.1) is 5.92 Å². The molecule has 0 radical (unpaired) electrons. The van der Waals surface area contributed by atoms with Crippen LogP contribution in [0.4, 0.5) is 5.69 Å². The van der Waals surface area contributed by atoms with Gasteiger partial charge in [0.1, 0.15) is 0 Å². The molecule has 5 rings (SSSR count). The number of carbonyl (C=O) groups excluding carboxylic acids is 1. The molecule has 178 valence electrons. The number of nitrogens with zero attached hydrogens (tertiary/aromatic N) is 4. The maximum absolute atomic E-state index is 13.3. The molecule has 1 saturated heterocycles. The van der Waals surface area contributed by atoms with E-state index in [0.717, 1.165) is 56.6 Å². The van der Waals surface area contributed by atoms with Crippen molar-refractivity contribution in [2.75, 3.05) is 38.8 Å². The van der Waals surface area contributed by atoms with E-state index in [0.29, 0.717) is 29.8 Å². The van der Waals surface area contributed by atoms with E-state index >= 15 is 0 Å². The van der Waals surface area contributed by atoms with Crippen LogP contribution in [0.3, 0.4) is 0 Å². The monoisotopic (exact) mass is 462 g/mol. The molecule has 2 aromatic carbocycles. The molecule has 0 unspecified atom stereocenters. The molecule has 3 aromatic rings. The van der Waals surface area contributed by atoms with Crippen LogP contribution >= 0.6 is 0 Å². The Morgan fingerprint density at radius 2 is 1.85 bits per heavy atom. The fourth-order valence-electron chi connectivity index (χ4n) is 4.92. The Morgan fingerprint density at radius 3 is 2.65 bits per heavy atom. The summed E-state index contributed by atoms with van der Waals surface area (Å²) in [6.45, 7) is 3.06. The number of carbonyl (C=O) groups is 1. The van der Waals surface area contributed by atoms with Gasteiger partial charge < -0.3 is 18.9 Å². The van der Waals surface area contributed by atoms with Gasteiger partial charge in [-0.25, -0.2) is 0 Å². The van der Waals surface area contributed by atoms with Gasteiger partial charge in [0, 0.05) is 23.7 Å². The smallest absolute Gasteiger partial charge is 0.241 e. The molecule has 1 aromatic heterocycles. The zero-order valence-electron chi connectivity index (χ0n) is 19.7. The quantitative estimate of drug-likeness (QED) is 0.549. The molecule has 0 atom stereocenters. The Kier molecular flexibility index (Phi) is 6.49. The van der Waals surface area contributed by atoms with Crippen LogP contribution in [0.2, 0.25) is 0 Å². The van der Waals surface area contributed by atoms with Gasteiger partial charge in [-0.3, -0.25) is 9.69 Å². The van der Waals surface area contributed by atoms with Crippen molar-refractivity contribution >= 4 is 11.6 Å². The molecule has 0 N–H and O–H groups in total. The van der Waals surface area contributed by atoms with Crippen LogP contribution < -0.4 is 14.4 Å². The minimum Gasteiger partial charge on any atom is -0.493 e. The number of ether oxygens (including phenoxy) is 2. The lowest BCUT2D eigenvalue weighted by Crippen LogP contribution is -2.44. The maximum atomic E-state index is 13.3. The van der Waals surface area contributed by atoms with E-state index in [2.05, 4.69) is 33.2 Å². The number of likely N-dealkylation sites (tertiary alicyclic amines) is 1. The molecule has 34 heavy (non-hydrogen) atoms. The third-order valence-electron chi connectivity index (χ3n) is 6.78. The zero-order chi connectivity index (χ0) is 23.5. The van der Waals surface area contributed by atoms with Gasteiger partial charge in [0.25, 0.3) is 0 Å². The second-order valence-electron chi connectivity index (χ2n) is 8.85. The van der Waals surface area contributed by atoms with Crippen molar-refractivity contribution in [3.8, 4) is 22.9 Å². The largest absolute Gasteiger partial charge is 0.493 e. The lowest BCUT2D eigenvalue weighted by molar-refractivity contribution is -0.124. The van der Waals surface area contributed by atoms with Crippen LogP contribution in [-0.4, -0.2) is 54.8 Å². The van der Waals surface area contributed by atoms with Crippen molar-refractivity contribution in [2.24, 2.45) is 5.92 Å². The van der Waals surface area contributed by atoms with E-state index in [1.54, 1.807) is 14.2 Å². The fraction of sp³-hybridized carbons (Fsp3) is 0.423. The van der Waals surface area contributed by atoms with E-state index in [1.165, 1.54) is 5.56 Å². The molecule has 3 heterocycles. The standard InChI is InChI=1S/C26H30N4O4/c1-32-22-10-9-20(16-23(22)33-2)25-27-24(34-28-25)17-29-14-11-19(12-15-29)26(31)30-13-5-7-18-6-3-4-8-21(18)30/h3-4,6,8-10,16,19H,5,7,11-15,17H2,1-2H3. The molecule has 1 fully saturated rings. The summed E-state index contributed by atoms with van der Waals surface area (Å²) in [4.78, 5) is 22.1. The lowest BCUT2D eigenvalue weighted by atomic mass is 9.93. The number of aromatic nitrogens is 2. The summed E-state index contributed by atoms with van der Waals surface area (Å²) in [5.41, 5.74) is 3.18. The predicted octanol–water partition coefficient (Wildman–Crippen LogP) is 3.95. The topological polar surface area (TPSA) is 80.9 Å². The third kappa shape index (κ3) is 4.50. The molecule has 2 aliphatic heterocycles. The van der Waals surface area contributed by atoms with Crippen molar-refractivity contribution in [1.82, 2.24) is 15.0 Å².